The van der Waals surface area contributed by atoms with Crippen molar-refractivity contribution in [3.63, 3.8) is 0 Å². The molecular weight excluding hydrogens is 244 g/mol. The van der Waals surface area contributed by atoms with Gasteiger partial charge in [0.2, 0.25) is 0 Å². The van der Waals surface area contributed by atoms with E-state index in [1.54, 1.807) is 18.5 Å². The van der Waals surface area contributed by atoms with E-state index >= 15 is 0 Å². The number of ketones is 1. The number of hydrogen-bond donors (Lipinski definition) is 1. The number of ether oxygens (including phenoxy) is 2. The van der Waals surface area contributed by atoms with Crippen molar-refractivity contribution < 1.29 is 14.3 Å². The second kappa shape index (κ2) is 6.12. The minimum absolute atomic E-state index is 0.0670. The fourth-order valence-corrected chi connectivity index (χ4v) is 2.40. The highest BCUT2D eigenvalue weighted by Gasteiger charge is 2.40. The van der Waals surface area contributed by atoms with Gasteiger partial charge < -0.3 is 15.2 Å². The maximum absolute atomic E-state index is 12.6. The molecule has 5 nitrogen and oxygen atoms in total. The Morgan fingerprint density at radius 3 is 2.89 bits per heavy atom. The molecule has 0 unspecified atom stereocenters. The van der Waals surface area contributed by atoms with Crippen molar-refractivity contribution >= 4 is 11.5 Å². The zero-order valence-corrected chi connectivity index (χ0v) is 11.2. The lowest BCUT2D eigenvalue weighted by Gasteiger charge is -2.35. The second-order valence-electron chi connectivity index (χ2n) is 4.71. The molecular formula is C14H20N2O3. The molecule has 1 aliphatic rings. The van der Waals surface area contributed by atoms with Crippen molar-refractivity contribution in [2.45, 2.75) is 31.8 Å². The molecule has 2 heterocycles. The van der Waals surface area contributed by atoms with Gasteiger partial charge in [-0.15, -0.1) is 0 Å². The molecule has 2 rings (SSSR count). The summed E-state index contributed by atoms with van der Waals surface area (Å²) in [5.41, 5.74) is 6.51. The maximum atomic E-state index is 12.6. The van der Waals surface area contributed by atoms with Gasteiger partial charge in [-0.05, 0) is 13.0 Å². The molecule has 1 fully saturated rings. The van der Waals surface area contributed by atoms with E-state index in [1.807, 2.05) is 6.92 Å². The summed E-state index contributed by atoms with van der Waals surface area (Å²) in [7, 11) is 0. The Morgan fingerprint density at radius 2 is 2.26 bits per heavy atom. The van der Waals surface area contributed by atoms with Crippen LogP contribution in [0.4, 0.5) is 5.69 Å². The van der Waals surface area contributed by atoms with Gasteiger partial charge in [0.05, 0.1) is 0 Å². The number of nitrogen functional groups attached to an aromatic ring is 1. The highest BCUT2D eigenvalue weighted by atomic mass is 16.5. The number of carbonyl (C=O) groups excluding carboxylic acids is 1. The van der Waals surface area contributed by atoms with E-state index in [0.29, 0.717) is 38.3 Å². The van der Waals surface area contributed by atoms with Crippen molar-refractivity contribution in [3.8, 4) is 0 Å². The molecule has 1 aromatic rings. The predicted octanol–water partition coefficient (Wildman–Crippen LogP) is 1.36. The Bertz CT molecular complexity index is 437. The van der Waals surface area contributed by atoms with Crippen molar-refractivity contribution in [2.24, 2.45) is 0 Å². The van der Waals surface area contributed by atoms with Gasteiger partial charge in [0.25, 0.3) is 0 Å². The van der Waals surface area contributed by atoms with Gasteiger partial charge in [-0.25, -0.2) is 0 Å². The topological polar surface area (TPSA) is 74.4 Å². The van der Waals surface area contributed by atoms with Crippen LogP contribution in [-0.4, -0.2) is 36.2 Å². The number of anilines is 1. The van der Waals surface area contributed by atoms with E-state index in [9.17, 15) is 4.79 Å². The first-order valence-corrected chi connectivity index (χ1v) is 6.61. The van der Waals surface area contributed by atoms with Crippen molar-refractivity contribution in [1.82, 2.24) is 4.98 Å². The second-order valence-corrected chi connectivity index (χ2v) is 4.71. The lowest BCUT2D eigenvalue weighted by molar-refractivity contribution is -0.156. The first-order chi connectivity index (χ1) is 9.18. The summed E-state index contributed by atoms with van der Waals surface area (Å²) in [6, 6.07) is 1.71. The smallest absolute Gasteiger partial charge is 0.169 e. The van der Waals surface area contributed by atoms with Crippen LogP contribution in [-0.2, 0) is 20.7 Å². The Morgan fingerprint density at radius 1 is 1.53 bits per heavy atom. The van der Waals surface area contributed by atoms with Crippen molar-refractivity contribution in [1.29, 1.82) is 0 Å². The first-order valence-electron chi connectivity index (χ1n) is 6.61. The fourth-order valence-electron chi connectivity index (χ4n) is 2.40. The van der Waals surface area contributed by atoms with E-state index in [4.69, 9.17) is 15.2 Å². The van der Waals surface area contributed by atoms with Gasteiger partial charge in [0, 0.05) is 62.7 Å². The van der Waals surface area contributed by atoms with Crippen LogP contribution in [0, 0.1) is 0 Å². The fraction of sp³-hybridized carbons (Fsp3) is 0.571. The molecule has 0 aromatic carbocycles. The summed E-state index contributed by atoms with van der Waals surface area (Å²) in [4.78, 5) is 16.6. The van der Waals surface area contributed by atoms with E-state index in [1.165, 1.54) is 0 Å². The molecule has 19 heavy (non-hydrogen) atoms. The van der Waals surface area contributed by atoms with Crippen LogP contribution in [0.3, 0.4) is 0 Å². The Hall–Kier alpha value is -1.46. The number of pyridine rings is 1. The number of nitrogens with zero attached hydrogens (tertiary/aromatic N) is 1. The quantitative estimate of drug-likeness (QED) is 0.869. The minimum atomic E-state index is -0.713. The summed E-state index contributed by atoms with van der Waals surface area (Å²) in [5, 5.41) is 0. The largest absolute Gasteiger partial charge is 0.398 e. The van der Waals surface area contributed by atoms with E-state index in [2.05, 4.69) is 4.98 Å². The number of Topliss-reactive ketones (excluding diaryl/α,β-unsaturated/α-hetero) is 1. The molecule has 0 amide bonds. The van der Waals surface area contributed by atoms with Gasteiger partial charge in [0.15, 0.2) is 5.78 Å². The highest BCUT2D eigenvalue weighted by molar-refractivity contribution is 5.90. The third-order valence-electron chi connectivity index (χ3n) is 3.52. The van der Waals surface area contributed by atoms with Crippen LogP contribution >= 0.6 is 0 Å². The van der Waals surface area contributed by atoms with Crippen LogP contribution in [0.25, 0.3) is 0 Å². The molecule has 1 aromatic heterocycles. The molecule has 0 saturated carbocycles. The molecule has 0 bridgehead atoms. The maximum Gasteiger partial charge on any atom is 0.169 e. The highest BCUT2D eigenvalue weighted by Crippen LogP contribution is 2.28. The SMILES string of the molecule is CCOC1(C(=O)Cc2cnccc2N)CCOCC1. The third kappa shape index (κ3) is 3.11. The van der Waals surface area contributed by atoms with E-state index in [-0.39, 0.29) is 12.2 Å². The van der Waals surface area contributed by atoms with Gasteiger partial charge in [0.1, 0.15) is 5.60 Å². The summed E-state index contributed by atoms with van der Waals surface area (Å²) in [6.45, 7) is 3.56. The van der Waals surface area contributed by atoms with Gasteiger partial charge in [-0.1, -0.05) is 0 Å². The minimum Gasteiger partial charge on any atom is -0.398 e. The predicted molar refractivity (Wildman–Crippen MR) is 71.8 cm³/mol. The van der Waals surface area contributed by atoms with Crippen LogP contribution in [0.1, 0.15) is 25.3 Å². The Kier molecular flexibility index (Phi) is 4.50. The Balaban J connectivity index is 2.14. The van der Waals surface area contributed by atoms with Crippen LogP contribution in [0.5, 0.6) is 0 Å². The number of nitrogens with two attached hydrogens (primary N) is 1. The average molecular weight is 264 g/mol. The molecule has 5 heteroatoms. The average Bonchev–Trinajstić information content (AvgIpc) is 2.42. The molecule has 104 valence electrons. The van der Waals surface area contributed by atoms with Crippen molar-refractivity contribution in [2.75, 3.05) is 25.6 Å². The first kappa shape index (κ1) is 14.0. The zero-order valence-electron chi connectivity index (χ0n) is 11.2. The third-order valence-corrected chi connectivity index (χ3v) is 3.52. The monoisotopic (exact) mass is 264 g/mol. The summed E-state index contributed by atoms with van der Waals surface area (Å²) < 4.78 is 11.1. The molecule has 0 aliphatic carbocycles. The summed E-state index contributed by atoms with van der Waals surface area (Å²) in [5.74, 6) is 0.0670. The van der Waals surface area contributed by atoms with Gasteiger partial charge >= 0.3 is 0 Å². The van der Waals surface area contributed by atoms with Crippen LogP contribution < -0.4 is 5.73 Å². The zero-order chi connectivity index (χ0) is 13.7. The number of aromatic nitrogens is 1. The molecule has 0 radical (unpaired) electrons. The summed E-state index contributed by atoms with van der Waals surface area (Å²) in [6.07, 6.45) is 4.75. The lowest BCUT2D eigenvalue weighted by atomic mass is 9.86. The molecule has 0 atom stereocenters. The summed E-state index contributed by atoms with van der Waals surface area (Å²) >= 11 is 0. The van der Waals surface area contributed by atoms with E-state index < -0.39 is 5.60 Å². The normalized spacial score (nSPS) is 18.2. The number of rotatable bonds is 5. The number of carbonyl (C=O) groups is 1. The van der Waals surface area contributed by atoms with Gasteiger partial charge in [-0.3, -0.25) is 9.78 Å². The van der Waals surface area contributed by atoms with Crippen molar-refractivity contribution in [3.05, 3.63) is 24.0 Å². The molecule has 0 spiro atoms. The molecule has 1 aliphatic heterocycles. The van der Waals surface area contributed by atoms with Crippen LogP contribution in [0.15, 0.2) is 18.5 Å². The Labute approximate surface area is 113 Å². The van der Waals surface area contributed by atoms with Crippen LogP contribution in [0.2, 0.25) is 0 Å². The standard InChI is InChI=1S/C14H20N2O3/c1-2-19-14(4-7-18-8-5-14)13(17)9-11-10-16-6-3-12(11)15/h3,6,10H,2,4-5,7-9H2,1H3,(H2,15,16). The lowest BCUT2D eigenvalue weighted by Crippen LogP contribution is -2.47. The number of hydrogen-bond acceptors (Lipinski definition) is 5. The van der Waals surface area contributed by atoms with Gasteiger partial charge in [-0.2, -0.15) is 0 Å². The van der Waals surface area contributed by atoms with E-state index in [0.717, 1.165) is 5.56 Å². The molecule has 2 N–H and O–H groups in total. The molecule has 1 saturated heterocycles.